The van der Waals surface area contributed by atoms with Crippen LogP contribution in [0.1, 0.15) is 0 Å². The van der Waals surface area contributed by atoms with Crippen molar-refractivity contribution in [2.24, 2.45) is 0 Å². The Kier molecular flexibility index (Phi) is 8.30. The molecule has 28 heavy (non-hydrogen) atoms. The topological polar surface area (TPSA) is 79.2 Å². The SMILES string of the molecule is COC1OC(CSCCP(c2ccccc2)c2ccccc2)C(O)C(O)C1O. The monoisotopic (exact) mass is 422 g/mol. The van der Waals surface area contributed by atoms with Crippen molar-refractivity contribution in [2.75, 3.05) is 24.8 Å². The van der Waals surface area contributed by atoms with Crippen LogP contribution in [0.5, 0.6) is 0 Å². The van der Waals surface area contributed by atoms with Gasteiger partial charge < -0.3 is 24.8 Å². The molecular formula is C21H27O5PS. The molecule has 2 aromatic rings. The van der Waals surface area contributed by atoms with E-state index in [1.807, 2.05) is 12.1 Å². The zero-order chi connectivity index (χ0) is 19.9. The average Bonchev–Trinajstić information content (AvgIpc) is 2.75. The zero-order valence-electron chi connectivity index (χ0n) is 15.8. The molecule has 0 aromatic heterocycles. The predicted molar refractivity (Wildman–Crippen MR) is 115 cm³/mol. The van der Waals surface area contributed by atoms with E-state index in [0.29, 0.717) is 5.75 Å². The summed E-state index contributed by atoms with van der Waals surface area (Å²) in [5.74, 6) is 1.43. The molecule has 2 aromatic carbocycles. The molecule has 5 unspecified atom stereocenters. The molecule has 0 spiro atoms. The number of benzene rings is 2. The first kappa shape index (κ1) is 21.7. The third-order valence-corrected chi connectivity index (χ3v) is 8.65. The van der Waals surface area contributed by atoms with Crippen LogP contribution in [0, 0.1) is 0 Å². The first-order valence-corrected chi connectivity index (χ1v) is 12.0. The number of thioether (sulfide) groups is 1. The number of aliphatic hydroxyl groups excluding tert-OH is 3. The van der Waals surface area contributed by atoms with Gasteiger partial charge in [0.15, 0.2) is 6.29 Å². The zero-order valence-corrected chi connectivity index (χ0v) is 17.5. The van der Waals surface area contributed by atoms with Gasteiger partial charge in [0.05, 0.1) is 6.10 Å². The number of aliphatic hydroxyl groups is 3. The fourth-order valence-electron chi connectivity index (χ4n) is 3.23. The highest BCUT2D eigenvalue weighted by Gasteiger charge is 2.43. The highest BCUT2D eigenvalue weighted by Crippen LogP contribution is 2.34. The van der Waals surface area contributed by atoms with Crippen LogP contribution >= 0.6 is 19.7 Å². The summed E-state index contributed by atoms with van der Waals surface area (Å²) < 4.78 is 10.7. The van der Waals surface area contributed by atoms with E-state index in [1.165, 1.54) is 17.7 Å². The fourth-order valence-corrected chi connectivity index (χ4v) is 7.03. The molecule has 1 heterocycles. The molecule has 3 rings (SSSR count). The van der Waals surface area contributed by atoms with Crippen molar-refractivity contribution >= 4 is 30.3 Å². The lowest BCUT2D eigenvalue weighted by Crippen LogP contribution is -2.58. The molecular weight excluding hydrogens is 395 g/mol. The van der Waals surface area contributed by atoms with Crippen LogP contribution in [0.15, 0.2) is 60.7 Å². The molecule has 1 aliphatic rings. The van der Waals surface area contributed by atoms with Gasteiger partial charge in [-0.15, -0.1) is 0 Å². The summed E-state index contributed by atoms with van der Waals surface area (Å²) in [6.07, 6.45) is -4.13. The van der Waals surface area contributed by atoms with Crippen LogP contribution in [0.3, 0.4) is 0 Å². The minimum Gasteiger partial charge on any atom is -0.388 e. The van der Waals surface area contributed by atoms with Crippen molar-refractivity contribution in [3.63, 3.8) is 0 Å². The van der Waals surface area contributed by atoms with Crippen LogP contribution in [-0.2, 0) is 9.47 Å². The van der Waals surface area contributed by atoms with E-state index in [1.54, 1.807) is 11.8 Å². The number of methoxy groups -OCH3 is 1. The Bertz CT molecular complexity index is 663. The van der Waals surface area contributed by atoms with Crippen molar-refractivity contribution in [2.45, 2.75) is 30.7 Å². The Morgan fingerprint density at radius 1 is 0.893 bits per heavy atom. The van der Waals surface area contributed by atoms with Gasteiger partial charge >= 0.3 is 0 Å². The third kappa shape index (κ3) is 5.33. The number of ether oxygens (including phenoxy) is 2. The standard InChI is InChI=1S/C21H27O5PS/c1-25-21-20(24)19(23)18(22)17(26-21)14-28-13-12-27(15-8-4-2-5-9-15)16-10-6-3-7-11-16/h2-11,17-24H,12-14H2,1H3. The number of hydrogen-bond donors (Lipinski definition) is 3. The normalized spacial score (nSPS) is 27.8. The van der Waals surface area contributed by atoms with Gasteiger partial charge in [-0.2, -0.15) is 11.8 Å². The van der Waals surface area contributed by atoms with Crippen molar-refractivity contribution in [3.8, 4) is 0 Å². The van der Waals surface area contributed by atoms with Gasteiger partial charge in [0, 0.05) is 12.9 Å². The van der Waals surface area contributed by atoms with Gasteiger partial charge in [0.2, 0.25) is 0 Å². The van der Waals surface area contributed by atoms with Crippen LogP contribution in [-0.4, -0.2) is 70.8 Å². The molecule has 1 saturated heterocycles. The molecule has 7 heteroatoms. The molecule has 5 nitrogen and oxygen atoms in total. The van der Waals surface area contributed by atoms with Crippen molar-refractivity contribution in [1.29, 1.82) is 0 Å². The van der Waals surface area contributed by atoms with Gasteiger partial charge in [0.25, 0.3) is 0 Å². The first-order valence-electron chi connectivity index (χ1n) is 9.29. The van der Waals surface area contributed by atoms with Crippen LogP contribution in [0.25, 0.3) is 0 Å². The molecule has 0 amide bonds. The average molecular weight is 422 g/mol. The lowest BCUT2D eigenvalue weighted by atomic mass is 10.00. The van der Waals surface area contributed by atoms with Crippen molar-refractivity contribution in [1.82, 2.24) is 0 Å². The maximum atomic E-state index is 10.2. The van der Waals surface area contributed by atoms with Crippen molar-refractivity contribution < 1.29 is 24.8 Å². The predicted octanol–water partition coefficient (Wildman–Crippen LogP) is 1.31. The first-order chi connectivity index (χ1) is 13.6. The summed E-state index contributed by atoms with van der Waals surface area (Å²) in [5, 5.41) is 32.7. The lowest BCUT2D eigenvalue weighted by molar-refractivity contribution is -0.284. The smallest absolute Gasteiger partial charge is 0.186 e. The fraction of sp³-hybridized carbons (Fsp3) is 0.429. The quantitative estimate of drug-likeness (QED) is 0.440. The van der Waals surface area contributed by atoms with E-state index < -0.39 is 38.6 Å². The molecule has 152 valence electrons. The molecule has 5 atom stereocenters. The summed E-state index contributed by atoms with van der Waals surface area (Å²) in [5.41, 5.74) is 0. The van der Waals surface area contributed by atoms with E-state index in [9.17, 15) is 15.3 Å². The molecule has 0 aliphatic carbocycles. The van der Waals surface area contributed by atoms with Crippen LogP contribution in [0.2, 0.25) is 0 Å². The third-order valence-electron chi connectivity index (χ3n) is 4.78. The Morgan fingerprint density at radius 3 is 2.00 bits per heavy atom. The Hall–Kier alpha value is -0.980. The van der Waals surface area contributed by atoms with E-state index in [-0.39, 0.29) is 0 Å². The van der Waals surface area contributed by atoms with Crippen molar-refractivity contribution in [3.05, 3.63) is 60.7 Å². The maximum Gasteiger partial charge on any atom is 0.186 e. The molecule has 0 radical (unpaired) electrons. The summed E-state index contributed by atoms with van der Waals surface area (Å²) >= 11 is 1.68. The Balaban J connectivity index is 1.57. The summed E-state index contributed by atoms with van der Waals surface area (Å²) in [7, 11) is 0.955. The highest BCUT2D eigenvalue weighted by atomic mass is 32.2. The molecule has 1 fully saturated rings. The molecule has 1 aliphatic heterocycles. The second-order valence-electron chi connectivity index (χ2n) is 6.65. The number of rotatable bonds is 8. The minimum atomic E-state index is -1.27. The molecule has 0 bridgehead atoms. The van der Waals surface area contributed by atoms with Gasteiger partial charge in [-0.3, -0.25) is 0 Å². The van der Waals surface area contributed by atoms with E-state index in [0.717, 1.165) is 11.9 Å². The second kappa shape index (κ2) is 10.7. The van der Waals surface area contributed by atoms with Gasteiger partial charge in [-0.1, -0.05) is 60.7 Å². The minimum absolute atomic E-state index is 0.457. The Labute approximate surface area is 171 Å². The summed E-state index contributed by atoms with van der Waals surface area (Å²) in [6, 6.07) is 21.1. The molecule has 3 N–H and O–H groups in total. The Morgan fingerprint density at radius 2 is 1.46 bits per heavy atom. The van der Waals surface area contributed by atoms with Crippen LogP contribution < -0.4 is 10.6 Å². The van der Waals surface area contributed by atoms with E-state index >= 15 is 0 Å². The number of hydrogen-bond acceptors (Lipinski definition) is 6. The van der Waals surface area contributed by atoms with E-state index in [4.69, 9.17) is 9.47 Å². The van der Waals surface area contributed by atoms with Crippen LogP contribution in [0.4, 0.5) is 0 Å². The second-order valence-corrected chi connectivity index (χ2v) is 10.1. The van der Waals surface area contributed by atoms with E-state index in [2.05, 4.69) is 48.5 Å². The maximum absolute atomic E-state index is 10.2. The van der Waals surface area contributed by atoms with Gasteiger partial charge in [-0.25, -0.2) is 0 Å². The molecule has 0 saturated carbocycles. The highest BCUT2D eigenvalue weighted by molar-refractivity contribution is 7.99. The largest absolute Gasteiger partial charge is 0.388 e. The summed E-state index contributed by atoms with van der Waals surface area (Å²) in [6.45, 7) is 0. The lowest BCUT2D eigenvalue weighted by Gasteiger charge is -2.39. The van der Waals surface area contributed by atoms with Gasteiger partial charge in [-0.05, 0) is 30.4 Å². The summed E-state index contributed by atoms with van der Waals surface area (Å²) in [4.78, 5) is 0. The van der Waals surface area contributed by atoms with Gasteiger partial charge in [0.1, 0.15) is 18.3 Å².